The number of hydrogen-bond acceptors (Lipinski definition) is 6. The van der Waals surface area contributed by atoms with Crippen molar-refractivity contribution in [1.29, 1.82) is 0 Å². The molecule has 3 aromatic rings. The van der Waals surface area contributed by atoms with E-state index in [9.17, 15) is 13.2 Å². The average Bonchev–Trinajstić information content (AvgIpc) is 2.96. The Morgan fingerprint density at radius 1 is 1.07 bits per heavy atom. The van der Waals surface area contributed by atoms with E-state index in [4.69, 9.17) is 13.9 Å². The molecule has 148 valence electrons. The lowest BCUT2D eigenvalue weighted by Gasteiger charge is -2.12. The molecule has 0 bridgehead atoms. The van der Waals surface area contributed by atoms with Gasteiger partial charge in [0.05, 0.1) is 31.7 Å². The third-order valence-corrected chi connectivity index (χ3v) is 4.64. The average molecular weight is 404 g/mol. The van der Waals surface area contributed by atoms with Crippen molar-refractivity contribution in [2.45, 2.75) is 6.92 Å². The predicted octanol–water partition coefficient (Wildman–Crippen LogP) is 3.38. The molecule has 1 amide bonds. The first-order valence-electron chi connectivity index (χ1n) is 8.26. The van der Waals surface area contributed by atoms with Crippen LogP contribution in [0.4, 0.5) is 11.4 Å². The summed E-state index contributed by atoms with van der Waals surface area (Å²) < 4.78 is 41.3. The topological polar surface area (TPSA) is 107 Å². The van der Waals surface area contributed by atoms with Crippen LogP contribution in [0.15, 0.2) is 40.8 Å². The smallest absolute Gasteiger partial charge is 0.259 e. The summed E-state index contributed by atoms with van der Waals surface area (Å²) in [6.45, 7) is 1.71. The van der Waals surface area contributed by atoms with Gasteiger partial charge in [0.2, 0.25) is 10.0 Å². The minimum atomic E-state index is -3.46. The maximum Gasteiger partial charge on any atom is 0.259 e. The number of carbonyl (C=O) groups excluding carboxylic acids is 1. The molecule has 0 saturated heterocycles. The molecular formula is C19H20N2O6S. The molecule has 0 radical (unpaired) electrons. The van der Waals surface area contributed by atoms with Crippen LogP contribution in [0.2, 0.25) is 0 Å². The minimum Gasteiger partial charge on any atom is -0.497 e. The Bertz CT molecular complexity index is 1150. The first-order valence-corrected chi connectivity index (χ1v) is 10.2. The third-order valence-electron chi connectivity index (χ3n) is 4.05. The van der Waals surface area contributed by atoms with Crippen LogP contribution in [-0.4, -0.2) is 34.8 Å². The van der Waals surface area contributed by atoms with E-state index in [1.165, 1.54) is 19.2 Å². The van der Waals surface area contributed by atoms with E-state index in [0.29, 0.717) is 33.7 Å². The van der Waals surface area contributed by atoms with Gasteiger partial charge < -0.3 is 19.2 Å². The number of aryl methyl sites for hydroxylation is 1. The summed E-state index contributed by atoms with van der Waals surface area (Å²) in [6.07, 6.45) is 1.04. The van der Waals surface area contributed by atoms with E-state index in [-0.39, 0.29) is 17.3 Å². The molecule has 0 saturated carbocycles. The molecule has 1 heterocycles. The number of ether oxygens (including phenoxy) is 2. The molecule has 28 heavy (non-hydrogen) atoms. The van der Waals surface area contributed by atoms with Crippen LogP contribution in [0.3, 0.4) is 0 Å². The second-order valence-electron chi connectivity index (χ2n) is 6.14. The van der Waals surface area contributed by atoms with Crippen LogP contribution >= 0.6 is 0 Å². The van der Waals surface area contributed by atoms with E-state index in [0.717, 1.165) is 6.26 Å². The van der Waals surface area contributed by atoms with Gasteiger partial charge in [-0.1, -0.05) is 0 Å². The van der Waals surface area contributed by atoms with Crippen LogP contribution < -0.4 is 19.5 Å². The molecule has 0 aliphatic carbocycles. The summed E-state index contributed by atoms with van der Waals surface area (Å²) in [6, 6.07) is 9.85. The summed E-state index contributed by atoms with van der Waals surface area (Å²) in [7, 11) is -0.500. The van der Waals surface area contributed by atoms with Gasteiger partial charge in [0.15, 0.2) is 0 Å². The van der Waals surface area contributed by atoms with Crippen molar-refractivity contribution < 1.29 is 27.1 Å². The highest BCUT2D eigenvalue weighted by molar-refractivity contribution is 7.92. The Balaban J connectivity index is 1.93. The number of amides is 1. The fraction of sp³-hybridized carbons (Fsp3) is 0.211. The number of furan rings is 1. The van der Waals surface area contributed by atoms with Gasteiger partial charge in [0, 0.05) is 17.1 Å². The number of hydrogen-bond donors (Lipinski definition) is 2. The van der Waals surface area contributed by atoms with E-state index < -0.39 is 10.0 Å². The predicted molar refractivity (Wildman–Crippen MR) is 107 cm³/mol. The maximum atomic E-state index is 12.9. The van der Waals surface area contributed by atoms with Crippen molar-refractivity contribution >= 4 is 38.3 Å². The molecule has 0 aliphatic rings. The van der Waals surface area contributed by atoms with Crippen LogP contribution in [0, 0.1) is 6.92 Å². The van der Waals surface area contributed by atoms with Gasteiger partial charge in [-0.25, -0.2) is 8.42 Å². The first kappa shape index (κ1) is 19.6. The molecule has 0 atom stereocenters. The van der Waals surface area contributed by atoms with Gasteiger partial charge in [-0.15, -0.1) is 0 Å². The van der Waals surface area contributed by atoms with Crippen molar-refractivity contribution in [1.82, 2.24) is 0 Å². The van der Waals surface area contributed by atoms with Gasteiger partial charge in [-0.3, -0.25) is 9.52 Å². The number of benzene rings is 2. The first-order chi connectivity index (χ1) is 13.2. The summed E-state index contributed by atoms with van der Waals surface area (Å²) >= 11 is 0. The highest BCUT2D eigenvalue weighted by Crippen LogP contribution is 2.32. The second-order valence-corrected chi connectivity index (χ2v) is 7.89. The third kappa shape index (κ3) is 4.04. The molecule has 8 nitrogen and oxygen atoms in total. The lowest BCUT2D eigenvalue weighted by molar-refractivity contribution is 0.102. The van der Waals surface area contributed by atoms with Gasteiger partial charge in [-0.2, -0.15) is 0 Å². The second kappa shape index (κ2) is 7.43. The Labute approximate surface area is 162 Å². The van der Waals surface area contributed by atoms with E-state index in [1.54, 1.807) is 38.3 Å². The Morgan fingerprint density at radius 3 is 2.46 bits per heavy atom. The van der Waals surface area contributed by atoms with Crippen molar-refractivity contribution in [3.05, 3.63) is 47.7 Å². The van der Waals surface area contributed by atoms with Gasteiger partial charge in [-0.05, 0) is 37.3 Å². The zero-order chi connectivity index (χ0) is 20.5. The lowest BCUT2D eigenvalue weighted by Crippen LogP contribution is -2.14. The summed E-state index contributed by atoms with van der Waals surface area (Å²) in [5.41, 5.74) is 1.69. The molecule has 0 unspecified atom stereocenters. The lowest BCUT2D eigenvalue weighted by atomic mass is 10.1. The Morgan fingerprint density at radius 2 is 1.82 bits per heavy atom. The fourth-order valence-corrected chi connectivity index (χ4v) is 3.42. The molecule has 0 fully saturated rings. The van der Waals surface area contributed by atoms with Crippen molar-refractivity contribution in [2.75, 3.05) is 30.5 Å². The highest BCUT2D eigenvalue weighted by atomic mass is 32.2. The van der Waals surface area contributed by atoms with Crippen molar-refractivity contribution in [2.24, 2.45) is 0 Å². The van der Waals surface area contributed by atoms with Crippen LogP contribution in [0.25, 0.3) is 11.0 Å². The number of fused-ring (bicyclic) bond motifs is 1. The SMILES string of the molecule is COc1ccc2oc(C)c(C(=O)Nc3ccc(NS(C)(=O)=O)c(OC)c3)c2c1. The monoisotopic (exact) mass is 404 g/mol. The zero-order valence-electron chi connectivity index (χ0n) is 15.8. The van der Waals surface area contributed by atoms with E-state index in [1.807, 2.05) is 0 Å². The molecule has 2 N–H and O–H groups in total. The Kier molecular flexibility index (Phi) is 5.19. The largest absolute Gasteiger partial charge is 0.497 e. The number of nitrogens with one attached hydrogen (secondary N) is 2. The minimum absolute atomic E-state index is 0.276. The summed E-state index contributed by atoms with van der Waals surface area (Å²) in [5.74, 6) is 0.998. The maximum absolute atomic E-state index is 12.9. The molecule has 0 aliphatic heterocycles. The summed E-state index contributed by atoms with van der Waals surface area (Å²) in [4.78, 5) is 12.9. The standard InChI is InChI=1S/C19H20N2O6S/c1-11-18(14-10-13(25-2)6-8-16(14)27-11)19(22)20-12-5-7-15(17(9-12)26-3)21-28(4,23)24/h5-10,21H,1-4H3,(H,20,22). The van der Waals surface area contributed by atoms with Crippen molar-refractivity contribution in [3.63, 3.8) is 0 Å². The van der Waals surface area contributed by atoms with Crippen LogP contribution in [0.1, 0.15) is 16.1 Å². The van der Waals surface area contributed by atoms with Gasteiger partial charge in [0.1, 0.15) is 22.8 Å². The number of carbonyl (C=O) groups is 1. The highest BCUT2D eigenvalue weighted by Gasteiger charge is 2.19. The molecule has 2 aromatic carbocycles. The Hall–Kier alpha value is -3.20. The van der Waals surface area contributed by atoms with Crippen LogP contribution in [-0.2, 0) is 10.0 Å². The number of methoxy groups -OCH3 is 2. The normalized spacial score (nSPS) is 11.3. The molecule has 3 rings (SSSR count). The summed E-state index contributed by atoms with van der Waals surface area (Å²) in [5, 5.41) is 3.42. The molecule has 1 aromatic heterocycles. The molecular weight excluding hydrogens is 384 g/mol. The zero-order valence-corrected chi connectivity index (χ0v) is 16.6. The molecule has 9 heteroatoms. The van der Waals surface area contributed by atoms with Gasteiger partial charge >= 0.3 is 0 Å². The number of anilines is 2. The number of rotatable bonds is 6. The number of sulfonamides is 1. The van der Waals surface area contributed by atoms with Crippen molar-refractivity contribution in [3.8, 4) is 11.5 Å². The molecule has 0 spiro atoms. The van der Waals surface area contributed by atoms with E-state index in [2.05, 4.69) is 10.0 Å². The van der Waals surface area contributed by atoms with Gasteiger partial charge in [0.25, 0.3) is 5.91 Å². The van der Waals surface area contributed by atoms with Crippen LogP contribution in [0.5, 0.6) is 11.5 Å². The quantitative estimate of drug-likeness (QED) is 0.652. The fourth-order valence-electron chi connectivity index (χ4n) is 2.85. The van der Waals surface area contributed by atoms with E-state index >= 15 is 0 Å².